The van der Waals surface area contributed by atoms with Crippen LogP contribution in [0.25, 0.3) is 0 Å². The fourth-order valence-corrected chi connectivity index (χ4v) is 1.15. The van der Waals surface area contributed by atoms with Crippen LogP contribution < -0.4 is 16.2 Å². The van der Waals surface area contributed by atoms with Crippen molar-refractivity contribution in [1.82, 2.24) is 16.2 Å². The summed E-state index contributed by atoms with van der Waals surface area (Å²) in [4.78, 5) is 11.1. The van der Waals surface area contributed by atoms with Crippen molar-refractivity contribution in [3.05, 3.63) is 0 Å². The van der Waals surface area contributed by atoms with Crippen molar-refractivity contribution in [2.24, 2.45) is 5.92 Å². The number of rotatable bonds is 2. The normalized spacial score (nSPS) is 15.3. The Kier molecular flexibility index (Phi) is 3.48. The van der Waals surface area contributed by atoms with E-state index in [1.54, 1.807) is 0 Å². The molecule has 3 N–H and O–H groups in total. The largest absolute Gasteiger partial charge is 0.359 e. The zero-order chi connectivity index (χ0) is 9.84. The van der Waals surface area contributed by atoms with Crippen molar-refractivity contribution < 1.29 is 4.79 Å². The van der Waals surface area contributed by atoms with Gasteiger partial charge >= 0.3 is 0 Å². The van der Waals surface area contributed by atoms with Crippen molar-refractivity contribution in [2.45, 2.75) is 32.7 Å². The second-order valence-corrected chi connectivity index (χ2v) is 3.92. The molecule has 1 aliphatic rings. The first kappa shape index (κ1) is 10.2. The lowest BCUT2D eigenvalue weighted by atomic mass is 10.4. The molecule has 0 atom stereocenters. The summed E-state index contributed by atoms with van der Waals surface area (Å²) in [5.41, 5.74) is 5.21. The zero-order valence-electron chi connectivity index (χ0n) is 7.89. The summed E-state index contributed by atoms with van der Waals surface area (Å²) in [6, 6.07) is 0.276. The predicted molar refractivity (Wildman–Crippen MR) is 54.9 cm³/mol. The highest BCUT2D eigenvalue weighted by Crippen LogP contribution is 2.28. The lowest BCUT2D eigenvalue weighted by molar-refractivity contribution is -0.122. The van der Waals surface area contributed by atoms with E-state index in [0.717, 1.165) is 12.8 Å². The van der Waals surface area contributed by atoms with E-state index in [9.17, 15) is 4.79 Å². The van der Waals surface area contributed by atoms with E-state index < -0.39 is 0 Å². The minimum Gasteiger partial charge on any atom is -0.359 e. The van der Waals surface area contributed by atoms with E-state index in [1.165, 1.54) is 0 Å². The summed E-state index contributed by atoms with van der Waals surface area (Å²) in [6.45, 7) is 3.97. The Morgan fingerprint density at radius 1 is 1.38 bits per heavy atom. The molecule has 0 heterocycles. The van der Waals surface area contributed by atoms with Crippen LogP contribution in [0.5, 0.6) is 0 Å². The van der Waals surface area contributed by atoms with Crippen molar-refractivity contribution in [3.8, 4) is 0 Å². The molecule has 0 bridgehead atoms. The Morgan fingerprint density at radius 3 is 2.46 bits per heavy atom. The summed E-state index contributed by atoms with van der Waals surface area (Å²) in [5.74, 6) is 0.238. The van der Waals surface area contributed by atoms with E-state index in [4.69, 9.17) is 12.2 Å². The number of amides is 1. The Morgan fingerprint density at radius 2 is 2.00 bits per heavy atom. The molecule has 0 saturated heterocycles. The number of hydrazine groups is 1. The number of thiocarbonyl (C=S) groups is 1. The van der Waals surface area contributed by atoms with Crippen LogP contribution in [0.4, 0.5) is 0 Å². The quantitative estimate of drug-likeness (QED) is 0.444. The summed E-state index contributed by atoms with van der Waals surface area (Å²) < 4.78 is 0. The first-order valence-corrected chi connectivity index (χ1v) is 4.87. The van der Waals surface area contributed by atoms with Gasteiger partial charge in [-0.05, 0) is 38.9 Å². The second-order valence-electron chi connectivity index (χ2n) is 3.52. The number of nitrogens with one attached hydrogen (secondary N) is 3. The molecule has 0 aromatic carbocycles. The van der Waals surface area contributed by atoms with Gasteiger partial charge < -0.3 is 5.32 Å². The van der Waals surface area contributed by atoms with Gasteiger partial charge in [0.2, 0.25) is 5.91 Å². The van der Waals surface area contributed by atoms with Crippen LogP contribution in [-0.4, -0.2) is 17.1 Å². The van der Waals surface area contributed by atoms with Gasteiger partial charge in [0, 0.05) is 12.0 Å². The van der Waals surface area contributed by atoms with Crippen LogP contribution in [-0.2, 0) is 4.79 Å². The van der Waals surface area contributed by atoms with E-state index in [0.29, 0.717) is 5.11 Å². The molecule has 5 heteroatoms. The monoisotopic (exact) mass is 201 g/mol. The fourth-order valence-electron chi connectivity index (χ4n) is 0.864. The molecule has 1 saturated carbocycles. The third-order valence-electron chi connectivity index (χ3n) is 1.67. The van der Waals surface area contributed by atoms with Gasteiger partial charge in [-0.2, -0.15) is 0 Å². The van der Waals surface area contributed by atoms with Gasteiger partial charge in [0.25, 0.3) is 0 Å². The summed E-state index contributed by atoms with van der Waals surface area (Å²) >= 11 is 4.92. The summed E-state index contributed by atoms with van der Waals surface area (Å²) in [7, 11) is 0. The predicted octanol–water partition coefficient (Wildman–Crippen LogP) is 0.300. The van der Waals surface area contributed by atoms with Gasteiger partial charge in [-0.25, -0.2) is 0 Å². The summed E-state index contributed by atoms with van der Waals surface area (Å²) in [6.07, 6.45) is 2.00. The van der Waals surface area contributed by atoms with Gasteiger partial charge in [-0.15, -0.1) is 0 Å². The van der Waals surface area contributed by atoms with Gasteiger partial charge in [-0.3, -0.25) is 15.6 Å². The lowest BCUT2D eigenvalue weighted by Gasteiger charge is -2.13. The second kappa shape index (κ2) is 4.41. The fraction of sp³-hybridized carbons (Fsp3) is 0.750. The summed E-state index contributed by atoms with van der Waals surface area (Å²) in [5, 5.41) is 3.43. The minimum atomic E-state index is 0.0351. The topological polar surface area (TPSA) is 53.2 Å². The van der Waals surface area contributed by atoms with Gasteiger partial charge in [0.05, 0.1) is 0 Å². The molecule has 0 radical (unpaired) electrons. The SMILES string of the molecule is CC(C)NC(=S)NNC(=O)C1CC1. The van der Waals surface area contributed by atoms with Crippen LogP contribution in [0.3, 0.4) is 0 Å². The number of carbonyl (C=O) groups is 1. The molecule has 0 unspecified atom stereocenters. The van der Waals surface area contributed by atoms with E-state index in [-0.39, 0.29) is 17.9 Å². The average Bonchev–Trinajstić information content (AvgIpc) is 2.80. The minimum absolute atomic E-state index is 0.0351. The van der Waals surface area contributed by atoms with Crippen molar-refractivity contribution in [3.63, 3.8) is 0 Å². The maximum Gasteiger partial charge on any atom is 0.241 e. The molecule has 4 nitrogen and oxygen atoms in total. The highest BCUT2D eigenvalue weighted by Gasteiger charge is 2.29. The Bertz CT molecular complexity index is 213. The molecule has 74 valence electrons. The first-order chi connectivity index (χ1) is 6.09. The van der Waals surface area contributed by atoms with E-state index >= 15 is 0 Å². The van der Waals surface area contributed by atoms with Gasteiger partial charge in [0.15, 0.2) is 5.11 Å². The van der Waals surface area contributed by atoms with Crippen LogP contribution in [0.1, 0.15) is 26.7 Å². The van der Waals surface area contributed by atoms with Crippen LogP contribution in [0.15, 0.2) is 0 Å². The maximum absolute atomic E-state index is 11.1. The number of hydrogen-bond acceptors (Lipinski definition) is 2. The van der Waals surface area contributed by atoms with Crippen molar-refractivity contribution in [2.75, 3.05) is 0 Å². The Labute approximate surface area is 83.4 Å². The van der Waals surface area contributed by atoms with E-state index in [1.807, 2.05) is 13.8 Å². The smallest absolute Gasteiger partial charge is 0.241 e. The zero-order valence-corrected chi connectivity index (χ0v) is 8.70. The van der Waals surface area contributed by atoms with Crippen LogP contribution in [0, 0.1) is 5.92 Å². The lowest BCUT2D eigenvalue weighted by Crippen LogP contribution is -2.48. The molecule has 1 rings (SSSR count). The molecule has 0 spiro atoms. The number of carbonyl (C=O) groups excluding carboxylic acids is 1. The average molecular weight is 201 g/mol. The van der Waals surface area contributed by atoms with Crippen molar-refractivity contribution >= 4 is 23.2 Å². The first-order valence-electron chi connectivity index (χ1n) is 4.46. The highest BCUT2D eigenvalue weighted by atomic mass is 32.1. The molecule has 13 heavy (non-hydrogen) atoms. The molecule has 0 aromatic heterocycles. The molecule has 0 aliphatic heterocycles. The van der Waals surface area contributed by atoms with Gasteiger partial charge in [-0.1, -0.05) is 0 Å². The number of hydrogen-bond donors (Lipinski definition) is 3. The van der Waals surface area contributed by atoms with Crippen LogP contribution in [0.2, 0.25) is 0 Å². The molecule has 0 aromatic rings. The Hall–Kier alpha value is -0.840. The molecule has 1 fully saturated rings. The maximum atomic E-state index is 11.1. The third-order valence-corrected chi connectivity index (χ3v) is 1.89. The third kappa shape index (κ3) is 4.07. The van der Waals surface area contributed by atoms with Gasteiger partial charge in [0.1, 0.15) is 0 Å². The van der Waals surface area contributed by atoms with E-state index in [2.05, 4.69) is 16.2 Å². The van der Waals surface area contributed by atoms with Crippen LogP contribution >= 0.6 is 12.2 Å². The molecule has 1 amide bonds. The molecular weight excluding hydrogens is 186 g/mol. The Balaban J connectivity index is 2.10. The molecule has 1 aliphatic carbocycles. The molecular formula is C8H15N3OS. The van der Waals surface area contributed by atoms with Crippen molar-refractivity contribution in [1.29, 1.82) is 0 Å². The highest BCUT2D eigenvalue weighted by molar-refractivity contribution is 7.80. The standard InChI is InChI=1S/C8H15N3OS/c1-5(2)9-8(13)11-10-7(12)6-3-4-6/h5-6H,3-4H2,1-2H3,(H,10,12)(H2,9,11,13).